The van der Waals surface area contributed by atoms with Gasteiger partial charge in [-0.3, -0.25) is 14.9 Å². The molecule has 1 amide bonds. The third-order valence-electron chi connectivity index (χ3n) is 2.90. The lowest BCUT2D eigenvalue weighted by Crippen LogP contribution is -2.22. The Hall–Kier alpha value is -2.17. The monoisotopic (exact) mass is 368 g/mol. The number of thioether (sulfide) groups is 1. The van der Waals surface area contributed by atoms with Crippen molar-refractivity contribution in [2.75, 3.05) is 23.6 Å². The molecule has 0 spiro atoms. The van der Waals surface area contributed by atoms with Gasteiger partial charge in [0.25, 0.3) is 5.24 Å². The van der Waals surface area contributed by atoms with Crippen LogP contribution in [0.3, 0.4) is 0 Å². The standard InChI is InChI=1S/C16H17ClN2O4S/c1-4-12(2)23-15-8-7-13(11-14(15)19(21)22)18(3)16(20)24-10-6-5-9-17/h1,5-8,11-12H,9-10H2,2-3H3/b6-5+. The highest BCUT2D eigenvalue weighted by Gasteiger charge is 2.20. The number of amides is 1. The molecule has 0 heterocycles. The third-order valence-corrected chi connectivity index (χ3v) is 3.96. The van der Waals surface area contributed by atoms with Gasteiger partial charge in [0.05, 0.1) is 10.6 Å². The van der Waals surface area contributed by atoms with Crippen molar-refractivity contribution in [1.82, 2.24) is 0 Å². The summed E-state index contributed by atoms with van der Waals surface area (Å²) in [4.78, 5) is 24.1. The van der Waals surface area contributed by atoms with Crippen molar-refractivity contribution in [3.05, 3.63) is 40.5 Å². The number of benzene rings is 1. The van der Waals surface area contributed by atoms with Gasteiger partial charge in [0.15, 0.2) is 11.9 Å². The van der Waals surface area contributed by atoms with Crippen LogP contribution in [0.4, 0.5) is 16.2 Å². The molecule has 0 saturated heterocycles. The van der Waals surface area contributed by atoms with Crippen molar-refractivity contribution < 1.29 is 14.5 Å². The van der Waals surface area contributed by atoms with E-state index < -0.39 is 11.0 Å². The molecule has 0 aromatic heterocycles. The molecule has 0 fully saturated rings. The Morgan fingerprint density at radius 3 is 2.88 bits per heavy atom. The summed E-state index contributed by atoms with van der Waals surface area (Å²) in [5, 5.41) is 11.0. The number of hydrogen-bond acceptors (Lipinski definition) is 5. The lowest BCUT2D eigenvalue weighted by molar-refractivity contribution is -0.385. The van der Waals surface area contributed by atoms with Gasteiger partial charge in [-0.2, -0.15) is 0 Å². The first kappa shape index (κ1) is 19.9. The molecule has 1 aromatic carbocycles. The Labute approximate surface area is 150 Å². The number of rotatable bonds is 7. The summed E-state index contributed by atoms with van der Waals surface area (Å²) in [6.07, 6.45) is 8.14. The number of hydrogen-bond donors (Lipinski definition) is 0. The van der Waals surface area contributed by atoms with Crippen LogP contribution in [0.25, 0.3) is 0 Å². The first-order valence-corrected chi connectivity index (χ1v) is 8.45. The van der Waals surface area contributed by atoms with Gasteiger partial charge in [-0.15, -0.1) is 18.0 Å². The Balaban J connectivity index is 2.94. The van der Waals surface area contributed by atoms with Gasteiger partial charge in [-0.1, -0.05) is 29.8 Å². The zero-order valence-corrected chi connectivity index (χ0v) is 14.8. The highest BCUT2D eigenvalue weighted by molar-refractivity contribution is 8.14. The zero-order valence-electron chi connectivity index (χ0n) is 13.3. The third kappa shape index (κ3) is 5.80. The number of allylic oxidation sites excluding steroid dienone is 1. The fourth-order valence-electron chi connectivity index (χ4n) is 1.63. The van der Waals surface area contributed by atoms with Crippen LogP contribution in [0, 0.1) is 22.5 Å². The van der Waals surface area contributed by atoms with Crippen molar-refractivity contribution in [1.29, 1.82) is 0 Å². The quantitative estimate of drug-likeness (QED) is 0.238. The van der Waals surface area contributed by atoms with Crippen LogP contribution in [0.2, 0.25) is 0 Å². The molecule has 1 rings (SSSR count). The molecule has 0 aliphatic carbocycles. The lowest BCUT2D eigenvalue weighted by atomic mass is 10.2. The van der Waals surface area contributed by atoms with Crippen LogP contribution in [-0.2, 0) is 0 Å². The van der Waals surface area contributed by atoms with E-state index in [0.717, 1.165) is 11.8 Å². The molecule has 1 unspecified atom stereocenters. The Kier molecular flexibility index (Phi) is 8.16. The number of ether oxygens (including phenoxy) is 1. The number of halogens is 1. The average Bonchev–Trinajstić information content (AvgIpc) is 2.57. The van der Waals surface area contributed by atoms with Crippen LogP contribution in [0.5, 0.6) is 5.75 Å². The fourth-order valence-corrected chi connectivity index (χ4v) is 2.43. The highest BCUT2D eigenvalue weighted by atomic mass is 35.5. The van der Waals surface area contributed by atoms with E-state index >= 15 is 0 Å². The van der Waals surface area contributed by atoms with Crippen molar-refractivity contribution in [3.63, 3.8) is 0 Å². The molecular formula is C16H17ClN2O4S. The molecule has 128 valence electrons. The normalized spacial score (nSPS) is 11.8. The fraction of sp³-hybridized carbons (Fsp3) is 0.312. The van der Waals surface area contributed by atoms with E-state index in [1.54, 1.807) is 32.2 Å². The van der Waals surface area contributed by atoms with E-state index in [2.05, 4.69) is 5.92 Å². The number of carbonyl (C=O) groups is 1. The number of carbonyl (C=O) groups excluding carboxylic acids is 1. The molecule has 0 saturated carbocycles. The summed E-state index contributed by atoms with van der Waals surface area (Å²) in [5.74, 6) is 3.26. The second-order valence-corrected chi connectivity index (χ2v) is 5.88. The first-order valence-electron chi connectivity index (χ1n) is 6.93. The largest absolute Gasteiger partial charge is 0.471 e. The molecule has 8 heteroatoms. The maximum absolute atomic E-state index is 12.1. The van der Waals surface area contributed by atoms with Crippen molar-refractivity contribution in [2.24, 2.45) is 0 Å². The minimum Gasteiger partial charge on any atom is -0.471 e. The topological polar surface area (TPSA) is 72.7 Å². The molecule has 0 bridgehead atoms. The van der Waals surface area contributed by atoms with Gasteiger partial charge >= 0.3 is 5.69 Å². The number of terminal acetylenes is 1. The predicted octanol–water partition coefficient (Wildman–Crippen LogP) is 4.08. The van der Waals surface area contributed by atoms with Gasteiger partial charge < -0.3 is 9.64 Å². The Bertz CT molecular complexity index is 673. The molecule has 0 aliphatic rings. The smallest absolute Gasteiger partial charge is 0.313 e. The van der Waals surface area contributed by atoms with Crippen molar-refractivity contribution in [2.45, 2.75) is 13.0 Å². The van der Waals surface area contributed by atoms with Crippen LogP contribution < -0.4 is 9.64 Å². The molecule has 1 aromatic rings. The Morgan fingerprint density at radius 2 is 2.29 bits per heavy atom. The lowest BCUT2D eigenvalue weighted by Gasteiger charge is -2.17. The molecule has 6 nitrogen and oxygen atoms in total. The maximum atomic E-state index is 12.1. The Morgan fingerprint density at radius 1 is 1.58 bits per heavy atom. The van der Waals surface area contributed by atoms with Gasteiger partial charge in [-0.05, 0) is 19.1 Å². The van der Waals surface area contributed by atoms with Crippen LogP contribution in [0.15, 0.2) is 30.4 Å². The van der Waals surface area contributed by atoms with Gasteiger partial charge in [0.2, 0.25) is 0 Å². The average molecular weight is 369 g/mol. The molecule has 1 atom stereocenters. The number of alkyl halides is 1. The maximum Gasteiger partial charge on any atom is 0.313 e. The summed E-state index contributed by atoms with van der Waals surface area (Å²) in [6.45, 7) is 1.61. The summed E-state index contributed by atoms with van der Waals surface area (Å²) in [7, 11) is 1.55. The second kappa shape index (κ2) is 9.85. The number of anilines is 1. The minimum atomic E-state index is -0.599. The van der Waals surface area contributed by atoms with E-state index in [-0.39, 0.29) is 16.7 Å². The first-order chi connectivity index (χ1) is 11.4. The second-order valence-electron chi connectivity index (χ2n) is 4.60. The van der Waals surface area contributed by atoms with Gasteiger partial charge in [-0.25, -0.2) is 0 Å². The predicted molar refractivity (Wildman–Crippen MR) is 98.1 cm³/mol. The number of nitro benzene ring substituents is 1. The van der Waals surface area contributed by atoms with Gasteiger partial charge in [0.1, 0.15) is 0 Å². The molecule has 0 radical (unpaired) electrons. The molecule has 0 aliphatic heterocycles. The van der Waals surface area contributed by atoms with E-state index in [1.807, 2.05) is 0 Å². The zero-order chi connectivity index (χ0) is 18.1. The molecule has 24 heavy (non-hydrogen) atoms. The van der Waals surface area contributed by atoms with Crippen molar-refractivity contribution in [3.8, 4) is 18.1 Å². The van der Waals surface area contributed by atoms with Crippen LogP contribution in [0.1, 0.15) is 6.92 Å². The summed E-state index contributed by atoms with van der Waals surface area (Å²) in [6, 6.07) is 4.29. The summed E-state index contributed by atoms with van der Waals surface area (Å²) < 4.78 is 5.33. The number of nitrogens with zero attached hydrogens (tertiary/aromatic N) is 2. The minimum absolute atomic E-state index is 0.0627. The molecule has 0 N–H and O–H groups in total. The van der Waals surface area contributed by atoms with Crippen LogP contribution in [-0.4, -0.2) is 34.9 Å². The van der Waals surface area contributed by atoms with Crippen LogP contribution >= 0.6 is 23.4 Å². The van der Waals surface area contributed by atoms with Crippen molar-refractivity contribution >= 4 is 40.0 Å². The SMILES string of the molecule is C#CC(C)Oc1ccc(N(C)C(=O)SC/C=C/CCl)cc1[N+](=O)[O-]. The van der Waals surface area contributed by atoms with E-state index in [1.165, 1.54) is 17.0 Å². The summed E-state index contributed by atoms with van der Waals surface area (Å²) in [5.41, 5.74) is 0.141. The van der Waals surface area contributed by atoms with E-state index in [0.29, 0.717) is 17.3 Å². The summed E-state index contributed by atoms with van der Waals surface area (Å²) >= 11 is 6.57. The van der Waals surface area contributed by atoms with Gasteiger partial charge in [0, 0.05) is 24.7 Å². The van der Waals surface area contributed by atoms with E-state index in [4.69, 9.17) is 22.8 Å². The molecular weight excluding hydrogens is 352 g/mol. The number of nitro groups is 1. The van der Waals surface area contributed by atoms with E-state index in [9.17, 15) is 14.9 Å². The highest BCUT2D eigenvalue weighted by Crippen LogP contribution is 2.32.